The molecule has 2 aliphatic heterocycles. The third-order valence-corrected chi connectivity index (χ3v) is 8.71. The molecule has 0 saturated carbocycles. The van der Waals surface area contributed by atoms with Crippen molar-refractivity contribution in [1.82, 2.24) is 4.90 Å². The fourth-order valence-electron chi connectivity index (χ4n) is 5.89. The van der Waals surface area contributed by atoms with Gasteiger partial charge in [0.2, 0.25) is 5.91 Å². The smallest absolute Gasteiger partial charge is 0.410 e. The zero-order valence-electron chi connectivity index (χ0n) is 23.9. The summed E-state index contributed by atoms with van der Waals surface area (Å²) in [6, 6.07) is 14.5. The van der Waals surface area contributed by atoms with Crippen molar-refractivity contribution >= 4 is 33.5 Å². The summed E-state index contributed by atoms with van der Waals surface area (Å²) < 4.78 is 51.0. The minimum atomic E-state index is -3.87. The molecule has 2 aliphatic rings. The predicted octanol–water partition coefficient (Wildman–Crippen LogP) is 5.25. The summed E-state index contributed by atoms with van der Waals surface area (Å²) in [4.78, 5) is 40.7. The fraction of sp³-hybridized carbons (Fsp3) is 0.323. The summed E-state index contributed by atoms with van der Waals surface area (Å²) in [6.45, 7) is 5.39. The Kier molecular flexibility index (Phi) is 7.13. The first-order chi connectivity index (χ1) is 19.7. The van der Waals surface area contributed by atoms with Gasteiger partial charge in [-0.15, -0.1) is 0 Å². The van der Waals surface area contributed by atoms with Crippen LogP contribution in [0.15, 0.2) is 65.6 Å². The monoisotopic (exact) mass is 594 g/mol. The van der Waals surface area contributed by atoms with Crippen LogP contribution in [0.2, 0.25) is 0 Å². The molecule has 1 spiro atoms. The van der Waals surface area contributed by atoms with Gasteiger partial charge in [0.05, 0.1) is 23.6 Å². The molecule has 2 heterocycles. The number of ether oxygens (including phenoxy) is 2. The Balaban J connectivity index is 1.70. The van der Waals surface area contributed by atoms with Crippen molar-refractivity contribution in [2.24, 2.45) is 0 Å². The van der Waals surface area contributed by atoms with Gasteiger partial charge in [0, 0.05) is 18.5 Å². The topological polar surface area (TPSA) is 119 Å². The highest BCUT2D eigenvalue weighted by Crippen LogP contribution is 2.55. The van der Waals surface area contributed by atoms with Gasteiger partial charge in [-0.1, -0.05) is 24.3 Å². The van der Waals surface area contributed by atoms with E-state index in [1.807, 2.05) is 6.07 Å². The van der Waals surface area contributed by atoms with E-state index < -0.39 is 44.8 Å². The van der Waals surface area contributed by atoms with Crippen molar-refractivity contribution in [2.75, 3.05) is 25.2 Å². The van der Waals surface area contributed by atoms with Crippen molar-refractivity contribution in [3.63, 3.8) is 0 Å². The molecule has 3 aromatic rings. The zero-order chi connectivity index (χ0) is 30.6. The molecule has 5 rings (SSSR count). The van der Waals surface area contributed by atoms with Gasteiger partial charge in [-0.3, -0.25) is 9.69 Å². The highest BCUT2D eigenvalue weighted by atomic mass is 32.2. The molecule has 42 heavy (non-hydrogen) atoms. The number of fused-ring (bicyclic) bond motifs is 2. The van der Waals surface area contributed by atoms with Crippen molar-refractivity contribution < 1.29 is 36.7 Å². The number of hydrogen-bond acceptors (Lipinski definition) is 7. The Hall–Kier alpha value is -4.25. The van der Waals surface area contributed by atoms with Crippen LogP contribution in [0.4, 0.5) is 14.9 Å². The molecular weight excluding hydrogens is 563 g/mol. The van der Waals surface area contributed by atoms with Crippen LogP contribution in [0.5, 0.6) is 0 Å². The van der Waals surface area contributed by atoms with E-state index in [0.29, 0.717) is 27.9 Å². The third kappa shape index (κ3) is 5.02. The molecule has 2 amide bonds. The Morgan fingerprint density at radius 1 is 1.05 bits per heavy atom. The molecule has 0 aliphatic carbocycles. The van der Waals surface area contributed by atoms with E-state index >= 15 is 4.39 Å². The van der Waals surface area contributed by atoms with Crippen molar-refractivity contribution in [1.29, 1.82) is 0 Å². The number of halogens is 1. The second-order valence-corrected chi connectivity index (χ2v) is 13.5. The molecule has 220 valence electrons. The van der Waals surface area contributed by atoms with Crippen LogP contribution < -0.4 is 5.32 Å². The maximum absolute atomic E-state index is 15.4. The zero-order valence-corrected chi connectivity index (χ0v) is 24.7. The number of nitrogens with one attached hydrogen (secondary N) is 1. The lowest BCUT2D eigenvalue weighted by atomic mass is 9.72. The number of sulfone groups is 1. The quantitative estimate of drug-likeness (QED) is 0.410. The van der Waals surface area contributed by atoms with Gasteiger partial charge in [0.1, 0.15) is 16.8 Å². The highest BCUT2D eigenvalue weighted by molar-refractivity contribution is 7.90. The molecule has 3 aromatic carbocycles. The summed E-state index contributed by atoms with van der Waals surface area (Å²) in [5.74, 6) is -1.79. The highest BCUT2D eigenvalue weighted by Gasteiger charge is 2.60. The number of carbonyl (C=O) groups excluding carboxylic acids is 3. The van der Waals surface area contributed by atoms with Gasteiger partial charge in [-0.2, -0.15) is 0 Å². The number of hydrogen-bond donors (Lipinski definition) is 1. The lowest BCUT2D eigenvalue weighted by Crippen LogP contribution is -2.44. The predicted molar refractivity (Wildman–Crippen MR) is 153 cm³/mol. The summed E-state index contributed by atoms with van der Waals surface area (Å²) >= 11 is 0. The number of carbonyl (C=O) groups is 3. The number of rotatable bonds is 4. The molecule has 0 bridgehead atoms. The van der Waals surface area contributed by atoms with Gasteiger partial charge in [-0.25, -0.2) is 22.4 Å². The summed E-state index contributed by atoms with van der Waals surface area (Å²) in [7, 11) is -2.72. The van der Waals surface area contributed by atoms with Crippen molar-refractivity contribution in [2.45, 2.75) is 49.1 Å². The van der Waals surface area contributed by atoms with E-state index in [9.17, 15) is 22.8 Å². The molecule has 0 radical (unpaired) electrons. The maximum Gasteiger partial charge on any atom is 0.410 e. The van der Waals surface area contributed by atoms with Crippen LogP contribution in [0, 0.1) is 5.82 Å². The fourth-order valence-corrected chi connectivity index (χ4v) is 6.78. The van der Waals surface area contributed by atoms with Gasteiger partial charge in [0.15, 0.2) is 9.84 Å². The van der Waals surface area contributed by atoms with Crippen LogP contribution in [0.25, 0.3) is 11.1 Å². The van der Waals surface area contributed by atoms with Crippen LogP contribution in [0.1, 0.15) is 54.7 Å². The van der Waals surface area contributed by atoms with E-state index in [1.54, 1.807) is 45.0 Å². The molecule has 1 N–H and O–H groups in total. The van der Waals surface area contributed by atoms with E-state index in [-0.39, 0.29) is 29.3 Å². The Morgan fingerprint density at radius 3 is 2.43 bits per heavy atom. The largest absolute Gasteiger partial charge is 0.465 e. The number of likely N-dealkylation sites (tertiary alicyclic amines) is 1. The number of anilines is 1. The van der Waals surface area contributed by atoms with Gasteiger partial charge >= 0.3 is 12.1 Å². The second-order valence-electron chi connectivity index (χ2n) is 11.5. The Labute approximate surface area is 243 Å². The second kappa shape index (κ2) is 10.2. The van der Waals surface area contributed by atoms with Gasteiger partial charge in [0.25, 0.3) is 0 Å². The molecule has 11 heteroatoms. The molecule has 0 aromatic heterocycles. The molecule has 1 saturated heterocycles. The minimum Gasteiger partial charge on any atom is -0.465 e. The van der Waals surface area contributed by atoms with E-state index in [2.05, 4.69) is 5.32 Å². The van der Waals surface area contributed by atoms with Crippen molar-refractivity contribution in [3.8, 4) is 11.1 Å². The summed E-state index contributed by atoms with van der Waals surface area (Å²) in [5, 5.41) is 2.92. The normalized spacial score (nSPS) is 19.9. The Morgan fingerprint density at radius 2 is 1.76 bits per heavy atom. The standard InChI is InChI=1S/C31H31FN2O7S/c1-30(2,3)41-29(37)34-13-12-31(23-8-6-7-9-24(23)33-28(31)36)26(34)20-14-19(15-21(32)16-20)18-10-11-22(27(35)40-4)25(17-18)42(5,38)39/h6-11,14-17,26H,12-13H2,1-5H3,(H,33,36). The Bertz CT molecular complexity index is 1730. The summed E-state index contributed by atoms with van der Waals surface area (Å²) in [6.07, 6.45) is 0.596. The average Bonchev–Trinajstić information content (AvgIpc) is 3.45. The lowest BCUT2D eigenvalue weighted by molar-refractivity contribution is -0.121. The molecular formula is C31H31FN2O7S. The van der Waals surface area contributed by atoms with E-state index in [1.165, 1.54) is 35.2 Å². The minimum absolute atomic E-state index is 0.148. The average molecular weight is 595 g/mol. The summed E-state index contributed by atoms with van der Waals surface area (Å²) in [5.41, 5.74) is 0.0726. The molecule has 2 unspecified atom stereocenters. The van der Waals surface area contributed by atoms with Crippen LogP contribution >= 0.6 is 0 Å². The maximum atomic E-state index is 15.4. The van der Waals surface area contributed by atoms with Gasteiger partial charge < -0.3 is 14.8 Å². The molecule has 2 atom stereocenters. The van der Waals surface area contributed by atoms with E-state index in [4.69, 9.17) is 9.47 Å². The number of methoxy groups -OCH3 is 1. The SMILES string of the molecule is COC(=O)c1ccc(-c2cc(F)cc(C3N(C(=O)OC(C)(C)C)CCC34C(=O)Nc3ccccc34)c2)cc1S(C)(=O)=O. The lowest BCUT2D eigenvalue weighted by Gasteiger charge is -2.35. The molecule has 9 nitrogen and oxygen atoms in total. The molecule has 1 fully saturated rings. The van der Waals surface area contributed by atoms with E-state index in [0.717, 1.165) is 13.4 Å². The number of esters is 1. The van der Waals surface area contributed by atoms with Crippen LogP contribution in [-0.2, 0) is 29.5 Å². The third-order valence-electron chi connectivity index (χ3n) is 7.57. The number of para-hydroxylation sites is 1. The van der Waals surface area contributed by atoms with Gasteiger partial charge in [-0.05, 0) is 85.8 Å². The number of nitrogens with zero attached hydrogens (tertiary/aromatic N) is 1. The first kappa shape index (κ1) is 29.2. The number of benzene rings is 3. The van der Waals surface area contributed by atoms with Crippen molar-refractivity contribution in [3.05, 3.63) is 83.2 Å². The first-order valence-electron chi connectivity index (χ1n) is 13.3. The van der Waals surface area contributed by atoms with Crippen LogP contribution in [-0.4, -0.2) is 56.8 Å². The number of amides is 2. The van der Waals surface area contributed by atoms with Crippen LogP contribution in [0.3, 0.4) is 0 Å². The first-order valence-corrected chi connectivity index (χ1v) is 15.2.